The van der Waals surface area contributed by atoms with Crippen LogP contribution in [0.25, 0.3) is 10.9 Å². The lowest BCUT2D eigenvalue weighted by atomic mass is 9.98. The summed E-state index contributed by atoms with van der Waals surface area (Å²) in [5.41, 5.74) is 5.51. The molecule has 0 aliphatic rings. The summed E-state index contributed by atoms with van der Waals surface area (Å²) in [5, 5.41) is 14.4. The highest BCUT2D eigenvalue weighted by Crippen LogP contribution is 2.31. The second-order valence-corrected chi connectivity index (χ2v) is 10.2. The molecule has 0 bridgehead atoms. The third-order valence-corrected chi connectivity index (χ3v) is 7.22. The Bertz CT molecular complexity index is 1610. The number of methoxy groups -OCH3 is 1. The standard InChI is InChI=1S/C30H31ClN6O2/c1-20-9-10-21(2)27-25(20)17-26(30(38)32-27)28(29-33-34-35-37(29)15-16-39-3)36(18-22-7-5-4-6-8-22)19-23-11-13-24(31)14-12-23/h4-14,17,28H,15-16,18-19H2,1-3H3,(H,32,38)/t28-/m0/s1. The van der Waals surface area contributed by atoms with E-state index in [9.17, 15) is 4.79 Å². The van der Waals surface area contributed by atoms with E-state index in [1.165, 1.54) is 0 Å². The molecule has 0 fully saturated rings. The summed E-state index contributed by atoms with van der Waals surface area (Å²) in [4.78, 5) is 19.2. The Labute approximate surface area is 232 Å². The zero-order valence-corrected chi connectivity index (χ0v) is 23.0. The minimum Gasteiger partial charge on any atom is -0.383 e. The van der Waals surface area contributed by atoms with Crippen LogP contribution in [-0.2, 0) is 24.4 Å². The molecule has 0 aliphatic heterocycles. The highest BCUT2D eigenvalue weighted by Gasteiger charge is 2.31. The number of halogens is 1. The molecule has 2 aromatic heterocycles. The number of fused-ring (bicyclic) bond motifs is 1. The normalized spacial score (nSPS) is 12.3. The number of aromatic nitrogens is 5. The van der Waals surface area contributed by atoms with E-state index >= 15 is 0 Å². The molecule has 8 nitrogen and oxygen atoms in total. The Balaban J connectivity index is 1.71. The van der Waals surface area contributed by atoms with E-state index in [4.69, 9.17) is 16.3 Å². The second-order valence-electron chi connectivity index (χ2n) is 9.71. The van der Waals surface area contributed by atoms with Gasteiger partial charge in [-0.25, -0.2) is 4.68 Å². The van der Waals surface area contributed by atoms with Crippen LogP contribution in [0.4, 0.5) is 0 Å². The van der Waals surface area contributed by atoms with Crippen molar-refractivity contribution in [2.24, 2.45) is 0 Å². The van der Waals surface area contributed by atoms with Crippen LogP contribution in [0, 0.1) is 13.8 Å². The van der Waals surface area contributed by atoms with Gasteiger partial charge in [-0.3, -0.25) is 9.69 Å². The van der Waals surface area contributed by atoms with Gasteiger partial charge in [-0.2, -0.15) is 0 Å². The summed E-state index contributed by atoms with van der Waals surface area (Å²) in [6.45, 7) is 6.05. The van der Waals surface area contributed by atoms with Gasteiger partial charge in [0.05, 0.1) is 18.7 Å². The predicted molar refractivity (Wildman–Crippen MR) is 153 cm³/mol. The maximum absolute atomic E-state index is 13.8. The number of hydrogen-bond acceptors (Lipinski definition) is 6. The molecule has 0 saturated carbocycles. The smallest absolute Gasteiger partial charge is 0.253 e. The SMILES string of the molecule is COCCn1nnnc1[C@H](c1cc2c(C)ccc(C)c2[nH]c1=O)N(Cc1ccccc1)Cc1ccc(Cl)cc1. The number of H-pyrrole nitrogens is 1. The molecule has 5 rings (SSSR count). The van der Waals surface area contributed by atoms with E-state index in [1.807, 2.05) is 61.5 Å². The first-order valence-electron chi connectivity index (χ1n) is 12.8. The van der Waals surface area contributed by atoms with Gasteiger partial charge < -0.3 is 9.72 Å². The predicted octanol–water partition coefficient (Wildman–Crippen LogP) is 5.22. The van der Waals surface area contributed by atoms with Crippen LogP contribution in [-0.4, -0.2) is 43.8 Å². The van der Waals surface area contributed by atoms with Crippen molar-refractivity contribution in [2.75, 3.05) is 13.7 Å². The van der Waals surface area contributed by atoms with Crippen molar-refractivity contribution >= 4 is 22.5 Å². The summed E-state index contributed by atoms with van der Waals surface area (Å²) >= 11 is 6.19. The molecule has 0 amide bonds. The third kappa shape index (κ3) is 5.93. The van der Waals surface area contributed by atoms with Crippen LogP contribution < -0.4 is 5.56 Å². The zero-order valence-electron chi connectivity index (χ0n) is 22.3. The van der Waals surface area contributed by atoms with E-state index in [-0.39, 0.29) is 5.56 Å². The van der Waals surface area contributed by atoms with E-state index < -0.39 is 6.04 Å². The maximum Gasteiger partial charge on any atom is 0.253 e. The largest absolute Gasteiger partial charge is 0.383 e. The van der Waals surface area contributed by atoms with Crippen LogP contribution in [0.5, 0.6) is 0 Å². The zero-order chi connectivity index (χ0) is 27.4. The lowest BCUT2D eigenvalue weighted by Crippen LogP contribution is -2.35. The first kappa shape index (κ1) is 26.7. The summed E-state index contributed by atoms with van der Waals surface area (Å²) in [6, 6.07) is 23.5. The van der Waals surface area contributed by atoms with Gasteiger partial charge >= 0.3 is 0 Å². The number of ether oxygens (including phenoxy) is 1. The van der Waals surface area contributed by atoms with Crippen LogP contribution >= 0.6 is 11.6 Å². The molecular weight excluding hydrogens is 512 g/mol. The van der Waals surface area contributed by atoms with Crippen LogP contribution in [0.3, 0.4) is 0 Å². The Kier molecular flexibility index (Phi) is 8.16. The quantitative estimate of drug-likeness (QED) is 0.260. The molecule has 39 heavy (non-hydrogen) atoms. The fourth-order valence-corrected chi connectivity index (χ4v) is 5.04. The molecule has 0 spiro atoms. The van der Waals surface area contributed by atoms with Gasteiger partial charge in [-0.1, -0.05) is 66.2 Å². The van der Waals surface area contributed by atoms with Gasteiger partial charge in [0, 0.05) is 36.2 Å². The van der Waals surface area contributed by atoms with Gasteiger partial charge in [0.2, 0.25) is 0 Å². The molecule has 5 aromatic rings. The molecule has 9 heteroatoms. The summed E-state index contributed by atoms with van der Waals surface area (Å²) < 4.78 is 7.04. The van der Waals surface area contributed by atoms with Crippen molar-refractivity contribution in [3.63, 3.8) is 0 Å². The highest BCUT2D eigenvalue weighted by atomic mass is 35.5. The number of aromatic amines is 1. The fourth-order valence-electron chi connectivity index (χ4n) is 4.92. The van der Waals surface area contributed by atoms with Crippen LogP contribution in [0.2, 0.25) is 5.02 Å². The molecule has 0 saturated heterocycles. The molecule has 1 N–H and O–H groups in total. The van der Waals surface area contributed by atoms with E-state index in [0.717, 1.165) is 33.2 Å². The van der Waals surface area contributed by atoms with Gasteiger partial charge in [0.25, 0.3) is 5.56 Å². The van der Waals surface area contributed by atoms with Crippen LogP contribution in [0.15, 0.2) is 77.6 Å². The average molecular weight is 543 g/mol. The monoisotopic (exact) mass is 542 g/mol. The van der Waals surface area contributed by atoms with Crippen molar-refractivity contribution in [3.8, 4) is 0 Å². The Hall–Kier alpha value is -3.85. The Morgan fingerprint density at radius 2 is 1.67 bits per heavy atom. The molecule has 3 aromatic carbocycles. The maximum atomic E-state index is 13.8. The molecule has 1 atom stereocenters. The van der Waals surface area contributed by atoms with Crippen molar-refractivity contribution in [1.29, 1.82) is 0 Å². The number of nitrogens with zero attached hydrogens (tertiary/aromatic N) is 5. The van der Waals surface area contributed by atoms with Crippen molar-refractivity contribution in [1.82, 2.24) is 30.1 Å². The number of rotatable bonds is 10. The number of tetrazole rings is 1. The summed E-state index contributed by atoms with van der Waals surface area (Å²) in [7, 11) is 1.64. The number of benzene rings is 3. The Morgan fingerprint density at radius 3 is 2.38 bits per heavy atom. The van der Waals surface area contributed by atoms with Gasteiger partial charge in [-0.05, 0) is 64.7 Å². The minimum absolute atomic E-state index is 0.170. The van der Waals surface area contributed by atoms with E-state index in [0.29, 0.717) is 42.7 Å². The second kappa shape index (κ2) is 11.9. The van der Waals surface area contributed by atoms with Crippen molar-refractivity contribution in [2.45, 2.75) is 39.5 Å². The number of pyridine rings is 1. The molecule has 0 unspecified atom stereocenters. The molecule has 2 heterocycles. The van der Waals surface area contributed by atoms with E-state index in [2.05, 4.69) is 50.5 Å². The molecule has 0 radical (unpaired) electrons. The topological polar surface area (TPSA) is 88.9 Å². The van der Waals surface area contributed by atoms with Gasteiger partial charge in [0.1, 0.15) is 6.04 Å². The first-order chi connectivity index (χ1) is 18.9. The van der Waals surface area contributed by atoms with Crippen molar-refractivity contribution < 1.29 is 4.74 Å². The van der Waals surface area contributed by atoms with Crippen LogP contribution in [0.1, 0.15) is 39.7 Å². The lowest BCUT2D eigenvalue weighted by molar-refractivity contribution is 0.169. The molecule has 0 aliphatic carbocycles. The fraction of sp³-hybridized carbons (Fsp3) is 0.267. The lowest BCUT2D eigenvalue weighted by Gasteiger charge is -2.31. The minimum atomic E-state index is -0.541. The Morgan fingerprint density at radius 1 is 0.974 bits per heavy atom. The third-order valence-electron chi connectivity index (χ3n) is 6.97. The summed E-state index contributed by atoms with van der Waals surface area (Å²) in [5.74, 6) is 0.576. The van der Waals surface area contributed by atoms with Gasteiger partial charge in [-0.15, -0.1) is 5.10 Å². The number of hydrogen-bond donors (Lipinski definition) is 1. The molecule has 200 valence electrons. The number of nitrogens with one attached hydrogen (secondary N) is 1. The summed E-state index contributed by atoms with van der Waals surface area (Å²) in [6.07, 6.45) is 0. The van der Waals surface area contributed by atoms with Crippen molar-refractivity contribution in [3.05, 3.63) is 122 Å². The van der Waals surface area contributed by atoms with E-state index in [1.54, 1.807) is 11.8 Å². The highest BCUT2D eigenvalue weighted by molar-refractivity contribution is 6.30. The first-order valence-corrected chi connectivity index (χ1v) is 13.2. The average Bonchev–Trinajstić information content (AvgIpc) is 3.40. The molecular formula is C30H31ClN6O2. The van der Waals surface area contributed by atoms with Gasteiger partial charge in [0.15, 0.2) is 5.82 Å². The number of aryl methyl sites for hydroxylation is 2.